The molecule has 0 bridgehead atoms. The van der Waals surface area contributed by atoms with Gasteiger partial charge in [0.15, 0.2) is 0 Å². The van der Waals surface area contributed by atoms with Crippen LogP contribution in [-0.4, -0.2) is 21.3 Å². The highest BCUT2D eigenvalue weighted by molar-refractivity contribution is 7.15. The molecule has 5 heteroatoms. The van der Waals surface area contributed by atoms with E-state index >= 15 is 0 Å². The second-order valence-corrected chi connectivity index (χ2v) is 6.39. The van der Waals surface area contributed by atoms with Crippen molar-refractivity contribution in [2.24, 2.45) is 0 Å². The maximum atomic E-state index is 4.91. The number of hydrogen-bond acceptors (Lipinski definition) is 4. The lowest BCUT2D eigenvalue weighted by Crippen LogP contribution is -2.25. The summed E-state index contributed by atoms with van der Waals surface area (Å²) in [6.07, 6.45) is 8.86. The molecule has 1 aliphatic rings. The van der Waals surface area contributed by atoms with Gasteiger partial charge in [0, 0.05) is 23.2 Å². The third-order valence-corrected chi connectivity index (χ3v) is 4.98. The summed E-state index contributed by atoms with van der Waals surface area (Å²) < 4.78 is 1.96. The molecule has 20 heavy (non-hydrogen) atoms. The number of nitrogens with zero attached hydrogens (tertiary/aromatic N) is 3. The largest absolute Gasteiger partial charge is 0.309 e. The Morgan fingerprint density at radius 1 is 1.45 bits per heavy atom. The highest BCUT2D eigenvalue weighted by atomic mass is 32.1. The van der Waals surface area contributed by atoms with Crippen LogP contribution in [0.4, 0.5) is 0 Å². The van der Waals surface area contributed by atoms with Crippen LogP contribution in [0.1, 0.15) is 49.7 Å². The first kappa shape index (κ1) is 13.8. The molecular weight excluding hydrogens is 268 g/mol. The molecule has 1 N–H and O–H groups in total. The van der Waals surface area contributed by atoms with Gasteiger partial charge in [-0.1, -0.05) is 6.92 Å². The maximum Gasteiger partial charge on any atom is 0.127 e. The minimum absolute atomic E-state index is 0.449. The molecule has 0 amide bonds. The molecule has 2 heterocycles. The molecule has 1 unspecified atom stereocenters. The number of aryl methyl sites for hydroxylation is 2. The van der Waals surface area contributed by atoms with Crippen LogP contribution in [0.5, 0.6) is 0 Å². The Kier molecular flexibility index (Phi) is 4.17. The zero-order chi connectivity index (χ0) is 13.9. The molecule has 3 rings (SSSR count). The van der Waals surface area contributed by atoms with Gasteiger partial charge in [0.25, 0.3) is 0 Å². The van der Waals surface area contributed by atoms with Gasteiger partial charge in [-0.25, -0.2) is 4.98 Å². The van der Waals surface area contributed by atoms with E-state index in [1.54, 1.807) is 0 Å². The molecule has 2 aromatic heterocycles. The summed E-state index contributed by atoms with van der Waals surface area (Å²) in [6.45, 7) is 6.30. The van der Waals surface area contributed by atoms with E-state index in [1.165, 1.54) is 36.3 Å². The molecule has 1 aliphatic carbocycles. The van der Waals surface area contributed by atoms with Crippen molar-refractivity contribution in [3.8, 4) is 10.6 Å². The number of thiazole rings is 1. The lowest BCUT2D eigenvalue weighted by Gasteiger charge is -2.22. The summed E-state index contributed by atoms with van der Waals surface area (Å²) in [6, 6.07) is 0.449. The van der Waals surface area contributed by atoms with E-state index in [4.69, 9.17) is 4.98 Å². The number of aromatic nitrogens is 3. The van der Waals surface area contributed by atoms with Gasteiger partial charge in [-0.15, -0.1) is 11.3 Å². The van der Waals surface area contributed by atoms with Crippen molar-refractivity contribution < 1.29 is 0 Å². The average Bonchev–Trinajstić information content (AvgIpc) is 3.10. The van der Waals surface area contributed by atoms with E-state index in [1.807, 2.05) is 22.2 Å². The molecule has 0 aliphatic heterocycles. The molecule has 108 valence electrons. The van der Waals surface area contributed by atoms with E-state index in [0.717, 1.165) is 23.7 Å². The lowest BCUT2D eigenvalue weighted by molar-refractivity contribution is 0.454. The molecule has 1 atom stereocenters. The molecule has 0 fully saturated rings. The molecule has 0 radical (unpaired) electrons. The van der Waals surface area contributed by atoms with Gasteiger partial charge in [0.1, 0.15) is 5.01 Å². The predicted octanol–water partition coefficient (Wildman–Crippen LogP) is 3.40. The first-order valence-corrected chi connectivity index (χ1v) is 8.39. The first-order chi connectivity index (χ1) is 9.81. The molecule has 4 nitrogen and oxygen atoms in total. The zero-order valence-corrected chi connectivity index (χ0v) is 13.0. The third kappa shape index (κ3) is 2.65. The van der Waals surface area contributed by atoms with Crippen molar-refractivity contribution in [1.29, 1.82) is 0 Å². The van der Waals surface area contributed by atoms with Crippen LogP contribution < -0.4 is 5.32 Å². The Labute approximate surface area is 124 Å². The van der Waals surface area contributed by atoms with Gasteiger partial charge >= 0.3 is 0 Å². The summed E-state index contributed by atoms with van der Waals surface area (Å²) in [5.74, 6) is 0. The topological polar surface area (TPSA) is 42.7 Å². The van der Waals surface area contributed by atoms with Crippen LogP contribution in [-0.2, 0) is 13.0 Å². The van der Waals surface area contributed by atoms with Crippen LogP contribution in [0.25, 0.3) is 10.6 Å². The van der Waals surface area contributed by atoms with Gasteiger partial charge in [-0.3, -0.25) is 4.68 Å². The van der Waals surface area contributed by atoms with E-state index in [9.17, 15) is 0 Å². The normalized spacial score (nSPS) is 18.2. The fourth-order valence-corrected chi connectivity index (χ4v) is 3.85. The summed E-state index contributed by atoms with van der Waals surface area (Å²) in [5.41, 5.74) is 2.44. The number of rotatable bonds is 5. The van der Waals surface area contributed by atoms with Crippen LogP contribution in [0.2, 0.25) is 0 Å². The Balaban J connectivity index is 1.86. The van der Waals surface area contributed by atoms with Gasteiger partial charge < -0.3 is 5.32 Å². The van der Waals surface area contributed by atoms with E-state index in [2.05, 4.69) is 30.5 Å². The van der Waals surface area contributed by atoms with Crippen LogP contribution in [0.15, 0.2) is 12.4 Å². The number of nitrogens with one attached hydrogen (secondary N) is 1. The summed E-state index contributed by atoms with van der Waals surface area (Å²) in [7, 11) is 0. The van der Waals surface area contributed by atoms with Gasteiger partial charge in [-0.05, 0) is 39.2 Å². The highest BCUT2D eigenvalue weighted by Gasteiger charge is 2.24. The SMILES string of the molecule is CCCNC1CCCc2sc(-c3cnn(CC)c3)nc21. The van der Waals surface area contributed by atoms with Crippen molar-refractivity contribution in [2.45, 2.75) is 52.1 Å². The predicted molar refractivity (Wildman–Crippen MR) is 83.0 cm³/mol. The first-order valence-electron chi connectivity index (χ1n) is 7.57. The molecule has 0 saturated carbocycles. The van der Waals surface area contributed by atoms with E-state index in [-0.39, 0.29) is 0 Å². The lowest BCUT2D eigenvalue weighted by atomic mass is 9.97. The van der Waals surface area contributed by atoms with Crippen LogP contribution in [0, 0.1) is 0 Å². The molecular formula is C15H22N4S. The quantitative estimate of drug-likeness (QED) is 0.917. The molecule has 2 aromatic rings. The van der Waals surface area contributed by atoms with Crippen molar-refractivity contribution in [1.82, 2.24) is 20.1 Å². The maximum absolute atomic E-state index is 4.91. The highest BCUT2D eigenvalue weighted by Crippen LogP contribution is 2.36. The Morgan fingerprint density at radius 3 is 3.10 bits per heavy atom. The monoisotopic (exact) mass is 290 g/mol. The van der Waals surface area contributed by atoms with Crippen molar-refractivity contribution in [3.63, 3.8) is 0 Å². The van der Waals surface area contributed by atoms with Gasteiger partial charge in [0.2, 0.25) is 0 Å². The second kappa shape index (κ2) is 6.06. The molecule has 0 saturated heterocycles. The van der Waals surface area contributed by atoms with Crippen LogP contribution in [0.3, 0.4) is 0 Å². The fraction of sp³-hybridized carbons (Fsp3) is 0.600. The van der Waals surface area contributed by atoms with Crippen molar-refractivity contribution in [2.75, 3.05) is 6.54 Å². The fourth-order valence-electron chi connectivity index (χ4n) is 2.71. The second-order valence-electron chi connectivity index (χ2n) is 5.31. The van der Waals surface area contributed by atoms with E-state index in [0.29, 0.717) is 6.04 Å². The number of fused-ring (bicyclic) bond motifs is 1. The Hall–Kier alpha value is -1.20. The van der Waals surface area contributed by atoms with Crippen molar-refractivity contribution >= 4 is 11.3 Å². The van der Waals surface area contributed by atoms with E-state index < -0.39 is 0 Å². The summed E-state index contributed by atoms with van der Waals surface area (Å²) in [4.78, 5) is 6.37. The zero-order valence-electron chi connectivity index (χ0n) is 12.2. The number of hydrogen-bond donors (Lipinski definition) is 1. The summed E-state index contributed by atoms with van der Waals surface area (Å²) >= 11 is 1.85. The van der Waals surface area contributed by atoms with Crippen LogP contribution >= 0.6 is 11.3 Å². The minimum atomic E-state index is 0.449. The molecule has 0 spiro atoms. The molecule has 0 aromatic carbocycles. The standard InChI is InChI=1S/C15H22N4S/c1-3-8-16-12-6-5-7-13-14(12)18-15(20-13)11-9-17-19(4-2)10-11/h9-10,12,16H,3-8H2,1-2H3. The Bertz CT molecular complexity index is 572. The Morgan fingerprint density at radius 2 is 2.35 bits per heavy atom. The van der Waals surface area contributed by atoms with Gasteiger partial charge in [-0.2, -0.15) is 5.10 Å². The minimum Gasteiger partial charge on any atom is -0.309 e. The summed E-state index contributed by atoms with van der Waals surface area (Å²) in [5, 5.41) is 9.11. The third-order valence-electron chi connectivity index (χ3n) is 3.80. The smallest absolute Gasteiger partial charge is 0.127 e. The average molecular weight is 290 g/mol. The van der Waals surface area contributed by atoms with Gasteiger partial charge in [0.05, 0.1) is 17.9 Å². The van der Waals surface area contributed by atoms with Crippen molar-refractivity contribution in [3.05, 3.63) is 23.0 Å².